The third-order valence-electron chi connectivity index (χ3n) is 3.13. The molecule has 108 valence electrons. The summed E-state index contributed by atoms with van der Waals surface area (Å²) < 4.78 is 5.14. The quantitative estimate of drug-likeness (QED) is 0.827. The summed E-state index contributed by atoms with van der Waals surface area (Å²) in [7, 11) is 1.66. The Labute approximate surface area is 118 Å². The molecule has 6 heteroatoms. The lowest BCUT2D eigenvalue weighted by Gasteiger charge is -2.07. The summed E-state index contributed by atoms with van der Waals surface area (Å²) in [4.78, 5) is 1.54. The van der Waals surface area contributed by atoms with E-state index in [0.717, 1.165) is 18.0 Å². The van der Waals surface area contributed by atoms with Gasteiger partial charge in [0, 0.05) is 12.5 Å². The summed E-state index contributed by atoms with van der Waals surface area (Å²) in [5.74, 6) is 1.79. The average Bonchev–Trinajstić information content (AvgIpc) is 2.95. The molecule has 6 nitrogen and oxygen atoms in total. The van der Waals surface area contributed by atoms with Crippen LogP contribution >= 0.6 is 0 Å². The molecule has 20 heavy (non-hydrogen) atoms. The van der Waals surface area contributed by atoms with Gasteiger partial charge in [0.2, 0.25) is 0 Å². The molecule has 0 unspecified atom stereocenters. The number of rotatable bonds is 7. The zero-order valence-corrected chi connectivity index (χ0v) is 11.9. The van der Waals surface area contributed by atoms with Gasteiger partial charge in [0.15, 0.2) is 5.82 Å². The van der Waals surface area contributed by atoms with Gasteiger partial charge in [-0.05, 0) is 35.8 Å². The second-order valence-corrected chi connectivity index (χ2v) is 4.77. The molecule has 0 radical (unpaired) electrons. The molecule has 0 aliphatic heterocycles. The summed E-state index contributed by atoms with van der Waals surface area (Å²) in [5, 5.41) is 21.2. The number of hydrogen-bond acceptors (Lipinski definition) is 5. The molecule has 1 aromatic heterocycles. The van der Waals surface area contributed by atoms with Crippen LogP contribution in [0.25, 0.3) is 0 Å². The van der Waals surface area contributed by atoms with Crippen LogP contribution in [-0.2, 0) is 13.0 Å². The van der Waals surface area contributed by atoms with Crippen molar-refractivity contribution in [1.82, 2.24) is 20.2 Å². The van der Waals surface area contributed by atoms with Crippen LogP contribution in [0.5, 0.6) is 5.75 Å². The normalized spacial score (nSPS) is 12.3. The Morgan fingerprint density at radius 3 is 2.70 bits per heavy atom. The van der Waals surface area contributed by atoms with Gasteiger partial charge >= 0.3 is 0 Å². The fourth-order valence-corrected chi connectivity index (χ4v) is 1.97. The van der Waals surface area contributed by atoms with E-state index in [9.17, 15) is 0 Å². The van der Waals surface area contributed by atoms with Gasteiger partial charge in [-0.3, -0.25) is 0 Å². The Kier molecular flexibility index (Phi) is 5.06. The molecular formula is C14H20N4O2. The van der Waals surface area contributed by atoms with Crippen molar-refractivity contribution in [3.05, 3.63) is 35.7 Å². The molecule has 0 spiro atoms. The standard InChI is InChI=1S/C14H20N4O2/c1-11(10-12-4-6-13(20-2)7-5-12)14-15-17-18(16-14)8-3-9-19/h4-7,11,19H,3,8-10H2,1-2H3/t11-/m0/s1. The monoisotopic (exact) mass is 276 g/mol. The third-order valence-corrected chi connectivity index (χ3v) is 3.13. The average molecular weight is 276 g/mol. The fraction of sp³-hybridized carbons (Fsp3) is 0.500. The first-order chi connectivity index (χ1) is 9.72. The minimum absolute atomic E-state index is 0.137. The molecule has 2 rings (SSSR count). The highest BCUT2D eigenvalue weighted by molar-refractivity contribution is 5.27. The van der Waals surface area contributed by atoms with Crippen molar-refractivity contribution in [2.24, 2.45) is 0 Å². The highest BCUT2D eigenvalue weighted by atomic mass is 16.5. The van der Waals surface area contributed by atoms with Gasteiger partial charge in [-0.25, -0.2) is 0 Å². The smallest absolute Gasteiger partial charge is 0.177 e. The second kappa shape index (κ2) is 7.00. The summed E-state index contributed by atoms with van der Waals surface area (Å²) >= 11 is 0. The van der Waals surface area contributed by atoms with Crippen LogP contribution in [0.15, 0.2) is 24.3 Å². The lowest BCUT2D eigenvalue weighted by Crippen LogP contribution is -2.06. The van der Waals surface area contributed by atoms with E-state index in [0.29, 0.717) is 13.0 Å². The third kappa shape index (κ3) is 3.77. The Morgan fingerprint density at radius 2 is 2.05 bits per heavy atom. The van der Waals surface area contributed by atoms with Crippen LogP contribution < -0.4 is 4.74 Å². The topological polar surface area (TPSA) is 73.1 Å². The zero-order chi connectivity index (χ0) is 14.4. The van der Waals surface area contributed by atoms with Gasteiger partial charge in [-0.2, -0.15) is 4.80 Å². The van der Waals surface area contributed by atoms with Crippen molar-refractivity contribution in [2.45, 2.75) is 32.2 Å². The Bertz CT molecular complexity index is 524. The van der Waals surface area contributed by atoms with Crippen molar-refractivity contribution in [2.75, 3.05) is 13.7 Å². The molecule has 0 amide bonds. The number of aliphatic hydroxyl groups excluding tert-OH is 1. The number of aromatic nitrogens is 4. The van der Waals surface area contributed by atoms with Crippen LogP contribution in [-0.4, -0.2) is 39.0 Å². The molecule has 1 atom stereocenters. The number of ether oxygens (including phenoxy) is 1. The first kappa shape index (κ1) is 14.5. The maximum Gasteiger partial charge on any atom is 0.177 e. The number of tetrazole rings is 1. The van der Waals surface area contributed by atoms with Gasteiger partial charge in [-0.15, -0.1) is 10.2 Å². The maximum absolute atomic E-state index is 8.78. The van der Waals surface area contributed by atoms with E-state index < -0.39 is 0 Å². The van der Waals surface area contributed by atoms with Crippen LogP contribution in [0.3, 0.4) is 0 Å². The predicted octanol–water partition coefficient (Wildman–Crippen LogP) is 1.41. The molecule has 0 aliphatic rings. The lowest BCUT2D eigenvalue weighted by atomic mass is 10.0. The lowest BCUT2D eigenvalue weighted by molar-refractivity contribution is 0.272. The number of methoxy groups -OCH3 is 1. The van der Waals surface area contributed by atoms with Crippen LogP contribution in [0.4, 0.5) is 0 Å². The van der Waals surface area contributed by atoms with Crippen LogP contribution in [0.2, 0.25) is 0 Å². The number of hydrogen-bond donors (Lipinski definition) is 1. The molecule has 1 aromatic carbocycles. The van der Waals surface area contributed by atoms with Gasteiger partial charge in [0.05, 0.1) is 13.7 Å². The minimum Gasteiger partial charge on any atom is -0.497 e. The van der Waals surface area contributed by atoms with Crippen LogP contribution in [0.1, 0.15) is 30.7 Å². The molecular weight excluding hydrogens is 256 g/mol. The number of aryl methyl sites for hydroxylation is 1. The van der Waals surface area contributed by atoms with Crippen molar-refractivity contribution in [3.63, 3.8) is 0 Å². The number of aliphatic hydroxyl groups is 1. The van der Waals surface area contributed by atoms with Crippen LogP contribution in [0, 0.1) is 0 Å². The van der Waals surface area contributed by atoms with Gasteiger partial charge < -0.3 is 9.84 Å². The van der Waals surface area contributed by atoms with Gasteiger partial charge in [0.25, 0.3) is 0 Å². The molecule has 2 aromatic rings. The van der Waals surface area contributed by atoms with E-state index >= 15 is 0 Å². The van der Waals surface area contributed by atoms with E-state index in [2.05, 4.69) is 22.3 Å². The van der Waals surface area contributed by atoms with E-state index in [-0.39, 0.29) is 12.5 Å². The maximum atomic E-state index is 8.78. The number of nitrogens with zero attached hydrogens (tertiary/aromatic N) is 4. The van der Waals surface area contributed by atoms with Crippen molar-refractivity contribution in [3.8, 4) is 5.75 Å². The Balaban J connectivity index is 1.96. The molecule has 0 fully saturated rings. The Morgan fingerprint density at radius 1 is 1.30 bits per heavy atom. The molecule has 0 saturated carbocycles. The summed E-state index contributed by atoms with van der Waals surface area (Å²) in [6, 6.07) is 8.00. The number of benzene rings is 1. The first-order valence-corrected chi connectivity index (χ1v) is 6.74. The highest BCUT2D eigenvalue weighted by Crippen LogP contribution is 2.18. The molecule has 0 bridgehead atoms. The van der Waals surface area contributed by atoms with Crippen molar-refractivity contribution in [1.29, 1.82) is 0 Å². The molecule has 0 saturated heterocycles. The molecule has 1 heterocycles. The second-order valence-electron chi connectivity index (χ2n) is 4.77. The SMILES string of the molecule is COc1ccc(C[C@H](C)c2nnn(CCCO)n2)cc1. The summed E-state index contributed by atoms with van der Waals surface area (Å²) in [5.41, 5.74) is 1.21. The van der Waals surface area contributed by atoms with E-state index in [1.165, 1.54) is 10.4 Å². The summed E-state index contributed by atoms with van der Waals surface area (Å²) in [6.45, 7) is 2.81. The zero-order valence-electron chi connectivity index (χ0n) is 11.9. The summed E-state index contributed by atoms with van der Waals surface area (Å²) in [6.07, 6.45) is 1.50. The fourth-order valence-electron chi connectivity index (χ4n) is 1.97. The molecule has 0 aliphatic carbocycles. The highest BCUT2D eigenvalue weighted by Gasteiger charge is 2.13. The van der Waals surface area contributed by atoms with Gasteiger partial charge in [-0.1, -0.05) is 19.1 Å². The van der Waals surface area contributed by atoms with Gasteiger partial charge in [0.1, 0.15) is 5.75 Å². The Hall–Kier alpha value is -1.95. The molecule has 1 N–H and O–H groups in total. The van der Waals surface area contributed by atoms with Crippen molar-refractivity contribution >= 4 is 0 Å². The van der Waals surface area contributed by atoms with E-state index in [1.54, 1.807) is 7.11 Å². The first-order valence-electron chi connectivity index (χ1n) is 6.74. The van der Waals surface area contributed by atoms with E-state index in [4.69, 9.17) is 9.84 Å². The minimum atomic E-state index is 0.137. The largest absolute Gasteiger partial charge is 0.497 e. The van der Waals surface area contributed by atoms with Crippen molar-refractivity contribution < 1.29 is 9.84 Å². The van der Waals surface area contributed by atoms with E-state index in [1.807, 2.05) is 24.3 Å². The predicted molar refractivity (Wildman–Crippen MR) is 74.6 cm³/mol.